The summed E-state index contributed by atoms with van der Waals surface area (Å²) in [6.45, 7) is 2.03. The summed E-state index contributed by atoms with van der Waals surface area (Å²) >= 11 is 1.42. The second kappa shape index (κ2) is 3.96. The predicted octanol–water partition coefficient (Wildman–Crippen LogP) is 1.45. The van der Waals surface area contributed by atoms with Crippen LogP contribution in [0.15, 0.2) is 11.4 Å². The van der Waals surface area contributed by atoms with Crippen LogP contribution in [-0.2, 0) is 5.60 Å². The maximum Gasteiger partial charge on any atom is 0.109 e. The van der Waals surface area contributed by atoms with Crippen molar-refractivity contribution in [2.75, 3.05) is 20.1 Å². The van der Waals surface area contributed by atoms with Gasteiger partial charge in [0.25, 0.3) is 0 Å². The van der Waals surface area contributed by atoms with Crippen LogP contribution in [0, 0.1) is 0 Å². The van der Waals surface area contributed by atoms with Crippen molar-refractivity contribution in [1.29, 1.82) is 0 Å². The Morgan fingerprint density at radius 1 is 1.50 bits per heavy atom. The van der Waals surface area contributed by atoms with Crippen molar-refractivity contribution in [3.63, 3.8) is 0 Å². The van der Waals surface area contributed by atoms with Crippen molar-refractivity contribution >= 4 is 11.5 Å². The molecule has 1 aromatic rings. The van der Waals surface area contributed by atoms with Gasteiger partial charge in [0.05, 0.1) is 5.69 Å². The zero-order valence-electron chi connectivity index (χ0n) is 8.44. The van der Waals surface area contributed by atoms with Gasteiger partial charge in [-0.2, -0.15) is 4.37 Å². The molecule has 1 N–H and O–H groups in total. The Labute approximate surface area is 88.5 Å². The highest BCUT2D eigenvalue weighted by molar-refractivity contribution is 7.03. The van der Waals surface area contributed by atoms with Crippen LogP contribution in [-0.4, -0.2) is 34.5 Å². The van der Waals surface area contributed by atoms with Crippen LogP contribution < -0.4 is 0 Å². The maximum absolute atomic E-state index is 10.4. The van der Waals surface area contributed by atoms with Crippen molar-refractivity contribution in [2.24, 2.45) is 0 Å². The lowest BCUT2D eigenvalue weighted by atomic mass is 9.91. The van der Waals surface area contributed by atoms with E-state index in [0.29, 0.717) is 0 Å². The Balaban J connectivity index is 2.15. The molecule has 78 valence electrons. The van der Waals surface area contributed by atoms with E-state index in [9.17, 15) is 5.11 Å². The summed E-state index contributed by atoms with van der Waals surface area (Å²) in [7, 11) is 2.10. The maximum atomic E-state index is 10.4. The van der Waals surface area contributed by atoms with Crippen molar-refractivity contribution in [3.8, 4) is 0 Å². The van der Waals surface area contributed by atoms with Gasteiger partial charge in [-0.25, -0.2) is 0 Å². The van der Waals surface area contributed by atoms with E-state index in [-0.39, 0.29) is 0 Å². The predicted molar refractivity (Wildman–Crippen MR) is 57.4 cm³/mol. The Hall–Kier alpha value is -0.450. The molecule has 1 aromatic heterocycles. The van der Waals surface area contributed by atoms with Gasteiger partial charge in [-0.05, 0) is 50.5 Å². The molecule has 0 aliphatic carbocycles. The van der Waals surface area contributed by atoms with E-state index in [0.717, 1.165) is 38.0 Å². The van der Waals surface area contributed by atoms with E-state index in [1.807, 2.05) is 11.4 Å². The quantitative estimate of drug-likeness (QED) is 0.765. The highest BCUT2D eigenvalue weighted by atomic mass is 32.1. The Morgan fingerprint density at radius 3 is 3.07 bits per heavy atom. The first-order chi connectivity index (χ1) is 6.71. The summed E-state index contributed by atoms with van der Waals surface area (Å²) in [6, 6.07) is 1.94. The molecule has 1 aliphatic rings. The highest BCUT2D eigenvalue weighted by Gasteiger charge is 2.32. The zero-order chi connectivity index (χ0) is 10.0. The lowest BCUT2D eigenvalue weighted by molar-refractivity contribution is 0.0185. The number of aliphatic hydroxyl groups is 1. The van der Waals surface area contributed by atoms with Crippen LogP contribution in [0.25, 0.3) is 0 Å². The molecule has 0 bridgehead atoms. The lowest BCUT2D eigenvalue weighted by Crippen LogP contribution is -2.27. The molecule has 14 heavy (non-hydrogen) atoms. The molecule has 1 saturated heterocycles. The molecule has 1 atom stereocenters. The Morgan fingerprint density at radius 2 is 2.36 bits per heavy atom. The van der Waals surface area contributed by atoms with Crippen LogP contribution in [0.4, 0.5) is 0 Å². The van der Waals surface area contributed by atoms with Gasteiger partial charge in [0.2, 0.25) is 0 Å². The first-order valence-electron chi connectivity index (χ1n) is 5.02. The van der Waals surface area contributed by atoms with Gasteiger partial charge in [-0.3, -0.25) is 0 Å². The summed E-state index contributed by atoms with van der Waals surface area (Å²) in [5, 5.41) is 12.4. The summed E-state index contributed by atoms with van der Waals surface area (Å²) in [5.74, 6) is 0. The summed E-state index contributed by atoms with van der Waals surface area (Å²) in [4.78, 5) is 2.27. The van der Waals surface area contributed by atoms with Gasteiger partial charge < -0.3 is 10.0 Å². The average molecular weight is 212 g/mol. The third kappa shape index (κ3) is 1.97. The number of hydrogen-bond donors (Lipinski definition) is 1. The molecule has 0 aromatic carbocycles. The molecule has 1 unspecified atom stereocenters. The molecular formula is C10H16N2OS. The molecular weight excluding hydrogens is 196 g/mol. The normalized spacial score (nSPS) is 30.1. The Bertz CT molecular complexity index is 288. The molecule has 0 radical (unpaired) electrons. The fourth-order valence-electron chi connectivity index (χ4n) is 1.96. The van der Waals surface area contributed by atoms with Gasteiger partial charge >= 0.3 is 0 Å². The summed E-state index contributed by atoms with van der Waals surface area (Å²) in [5.41, 5.74) is 0.183. The van der Waals surface area contributed by atoms with Crippen LogP contribution in [0.1, 0.15) is 25.0 Å². The molecule has 2 rings (SSSR count). The van der Waals surface area contributed by atoms with Gasteiger partial charge in [-0.15, -0.1) is 0 Å². The first kappa shape index (κ1) is 10.1. The lowest BCUT2D eigenvalue weighted by Gasteiger charge is -2.24. The SMILES string of the molecule is CN1CCCC(O)(c2ccsn2)CC1. The molecule has 2 heterocycles. The van der Waals surface area contributed by atoms with Gasteiger partial charge in [0.1, 0.15) is 5.60 Å². The monoisotopic (exact) mass is 212 g/mol. The Kier molecular flexibility index (Phi) is 2.85. The van der Waals surface area contributed by atoms with Gasteiger partial charge in [0, 0.05) is 11.9 Å². The average Bonchev–Trinajstić information content (AvgIpc) is 2.63. The number of nitrogens with zero attached hydrogens (tertiary/aromatic N) is 2. The minimum Gasteiger partial charge on any atom is -0.383 e. The molecule has 0 amide bonds. The molecule has 1 fully saturated rings. The summed E-state index contributed by atoms with van der Waals surface area (Å²) in [6.07, 6.45) is 2.68. The van der Waals surface area contributed by atoms with Crippen LogP contribution in [0.5, 0.6) is 0 Å². The van der Waals surface area contributed by atoms with E-state index < -0.39 is 5.60 Å². The minimum absolute atomic E-state index is 0.676. The summed E-state index contributed by atoms with van der Waals surface area (Å²) < 4.78 is 4.25. The number of aromatic nitrogens is 1. The molecule has 1 aliphatic heterocycles. The standard InChI is InChI=1S/C10H16N2OS/c1-12-6-2-4-10(13,5-7-12)9-3-8-14-11-9/h3,8,13H,2,4-7H2,1H3. The number of hydrogen-bond acceptors (Lipinski definition) is 4. The third-order valence-electron chi connectivity index (χ3n) is 2.95. The third-order valence-corrected chi connectivity index (χ3v) is 3.51. The number of rotatable bonds is 1. The molecule has 0 spiro atoms. The van der Waals surface area contributed by atoms with Crippen molar-refractivity contribution < 1.29 is 5.11 Å². The van der Waals surface area contributed by atoms with Crippen molar-refractivity contribution in [1.82, 2.24) is 9.27 Å². The fourth-order valence-corrected chi connectivity index (χ4v) is 2.56. The van der Waals surface area contributed by atoms with Crippen molar-refractivity contribution in [3.05, 3.63) is 17.1 Å². The second-order valence-electron chi connectivity index (χ2n) is 4.07. The first-order valence-corrected chi connectivity index (χ1v) is 5.86. The second-order valence-corrected chi connectivity index (χ2v) is 4.74. The van der Waals surface area contributed by atoms with Crippen LogP contribution >= 0.6 is 11.5 Å². The van der Waals surface area contributed by atoms with E-state index in [1.54, 1.807) is 0 Å². The van der Waals surface area contributed by atoms with E-state index in [4.69, 9.17) is 0 Å². The van der Waals surface area contributed by atoms with Gasteiger partial charge in [-0.1, -0.05) is 0 Å². The molecule has 3 nitrogen and oxygen atoms in total. The van der Waals surface area contributed by atoms with Crippen LogP contribution in [0.2, 0.25) is 0 Å². The van der Waals surface area contributed by atoms with Crippen molar-refractivity contribution in [2.45, 2.75) is 24.9 Å². The fraction of sp³-hybridized carbons (Fsp3) is 0.700. The molecule has 0 saturated carbocycles. The van der Waals surface area contributed by atoms with E-state index >= 15 is 0 Å². The van der Waals surface area contributed by atoms with E-state index in [1.165, 1.54) is 11.5 Å². The number of likely N-dealkylation sites (tertiary alicyclic amines) is 1. The van der Waals surface area contributed by atoms with Gasteiger partial charge in [0.15, 0.2) is 0 Å². The topological polar surface area (TPSA) is 36.4 Å². The van der Waals surface area contributed by atoms with E-state index in [2.05, 4.69) is 16.3 Å². The molecule has 4 heteroatoms. The smallest absolute Gasteiger partial charge is 0.109 e. The van der Waals surface area contributed by atoms with Crippen LogP contribution in [0.3, 0.4) is 0 Å². The minimum atomic E-state index is -0.676. The zero-order valence-corrected chi connectivity index (χ0v) is 9.26. The highest BCUT2D eigenvalue weighted by Crippen LogP contribution is 2.31. The largest absolute Gasteiger partial charge is 0.383 e.